The number of guanidine groups is 1. The standard InChI is InChI=1S/C18H25FN6.HI/c1-20-18(21-11-10-14-7-4-5-8-15(14)19)22-13-17-24-23-16-9-3-2-6-12-25(16)17;/h4-5,7-8H,2-3,6,9-13H2,1H3,(H2,20,21,22);1H. The van der Waals surface area contributed by atoms with E-state index in [0.717, 1.165) is 24.6 Å². The molecule has 26 heavy (non-hydrogen) atoms. The minimum Gasteiger partial charge on any atom is -0.356 e. The molecule has 0 bridgehead atoms. The van der Waals surface area contributed by atoms with Crippen LogP contribution in [0.5, 0.6) is 0 Å². The van der Waals surface area contributed by atoms with Crippen molar-refractivity contribution in [1.82, 2.24) is 25.4 Å². The van der Waals surface area contributed by atoms with E-state index in [9.17, 15) is 4.39 Å². The van der Waals surface area contributed by atoms with Crippen LogP contribution in [0, 0.1) is 5.82 Å². The summed E-state index contributed by atoms with van der Waals surface area (Å²) in [6, 6.07) is 6.84. The number of hydrogen-bond donors (Lipinski definition) is 2. The summed E-state index contributed by atoms with van der Waals surface area (Å²) >= 11 is 0. The number of aryl methyl sites for hydroxylation is 1. The molecule has 0 fully saturated rings. The summed E-state index contributed by atoms with van der Waals surface area (Å²) in [5, 5.41) is 15.1. The normalized spacial score (nSPS) is 14.2. The Labute approximate surface area is 170 Å². The van der Waals surface area contributed by atoms with Gasteiger partial charge in [-0.1, -0.05) is 24.6 Å². The number of nitrogens with zero attached hydrogens (tertiary/aromatic N) is 4. The molecule has 2 heterocycles. The fourth-order valence-corrected chi connectivity index (χ4v) is 3.08. The van der Waals surface area contributed by atoms with Crippen molar-refractivity contribution in [2.45, 2.75) is 45.2 Å². The molecule has 8 heteroatoms. The molecule has 3 rings (SSSR count). The molecule has 1 aromatic heterocycles. The van der Waals surface area contributed by atoms with Gasteiger partial charge in [-0.3, -0.25) is 4.99 Å². The number of hydrogen-bond acceptors (Lipinski definition) is 3. The molecule has 2 aromatic rings. The van der Waals surface area contributed by atoms with Crippen LogP contribution in [0.1, 0.15) is 36.5 Å². The summed E-state index contributed by atoms with van der Waals surface area (Å²) in [5.74, 6) is 2.53. The summed E-state index contributed by atoms with van der Waals surface area (Å²) < 4.78 is 15.8. The van der Waals surface area contributed by atoms with E-state index in [2.05, 4.69) is 30.4 Å². The first-order chi connectivity index (χ1) is 12.3. The highest BCUT2D eigenvalue weighted by atomic mass is 127. The molecule has 0 unspecified atom stereocenters. The maximum atomic E-state index is 13.6. The number of fused-ring (bicyclic) bond motifs is 1. The van der Waals surface area contributed by atoms with Crippen molar-refractivity contribution in [2.75, 3.05) is 13.6 Å². The predicted octanol–water partition coefficient (Wildman–Crippen LogP) is 2.67. The molecular formula is C18H26FIN6. The van der Waals surface area contributed by atoms with Crippen LogP contribution in [0.3, 0.4) is 0 Å². The van der Waals surface area contributed by atoms with E-state index in [1.165, 1.54) is 25.3 Å². The number of halogens is 2. The summed E-state index contributed by atoms with van der Waals surface area (Å²) in [5.41, 5.74) is 0.702. The molecule has 0 radical (unpaired) electrons. The summed E-state index contributed by atoms with van der Waals surface area (Å²) in [4.78, 5) is 4.21. The Bertz CT molecular complexity index is 730. The minimum absolute atomic E-state index is 0. The van der Waals surface area contributed by atoms with Gasteiger partial charge in [-0.15, -0.1) is 34.2 Å². The topological polar surface area (TPSA) is 67.1 Å². The van der Waals surface area contributed by atoms with Crippen molar-refractivity contribution in [3.8, 4) is 0 Å². The van der Waals surface area contributed by atoms with Crippen molar-refractivity contribution < 1.29 is 4.39 Å². The Morgan fingerprint density at radius 3 is 2.85 bits per heavy atom. The molecule has 1 aromatic carbocycles. The van der Waals surface area contributed by atoms with Gasteiger partial charge in [0.25, 0.3) is 0 Å². The average molecular weight is 472 g/mol. The molecule has 0 amide bonds. The number of aliphatic imine (C=N–C) groups is 1. The second kappa shape index (κ2) is 10.4. The molecule has 0 atom stereocenters. The van der Waals surface area contributed by atoms with E-state index in [0.29, 0.717) is 31.0 Å². The van der Waals surface area contributed by atoms with E-state index in [1.54, 1.807) is 19.2 Å². The van der Waals surface area contributed by atoms with Crippen LogP contribution in [0.25, 0.3) is 0 Å². The zero-order valence-corrected chi connectivity index (χ0v) is 17.4. The molecule has 2 N–H and O–H groups in total. The Hall–Kier alpha value is -1.71. The van der Waals surface area contributed by atoms with Gasteiger partial charge >= 0.3 is 0 Å². The van der Waals surface area contributed by atoms with Gasteiger partial charge in [-0.2, -0.15) is 0 Å². The Morgan fingerprint density at radius 2 is 2.04 bits per heavy atom. The molecule has 0 aliphatic carbocycles. The van der Waals surface area contributed by atoms with Crippen molar-refractivity contribution in [3.63, 3.8) is 0 Å². The molecular weight excluding hydrogens is 446 g/mol. The quantitative estimate of drug-likeness (QED) is 0.399. The summed E-state index contributed by atoms with van der Waals surface area (Å²) in [6.07, 6.45) is 5.21. The van der Waals surface area contributed by atoms with Gasteiger partial charge in [0.15, 0.2) is 11.8 Å². The second-order valence-corrected chi connectivity index (χ2v) is 6.19. The number of benzene rings is 1. The zero-order chi connectivity index (χ0) is 17.5. The smallest absolute Gasteiger partial charge is 0.191 e. The maximum Gasteiger partial charge on any atom is 0.191 e. The van der Waals surface area contributed by atoms with Crippen molar-refractivity contribution in [1.29, 1.82) is 0 Å². The Morgan fingerprint density at radius 1 is 1.19 bits per heavy atom. The second-order valence-electron chi connectivity index (χ2n) is 6.19. The molecule has 0 saturated carbocycles. The molecule has 1 aliphatic rings. The lowest BCUT2D eigenvalue weighted by Gasteiger charge is -2.13. The lowest BCUT2D eigenvalue weighted by molar-refractivity contribution is 0.595. The van der Waals surface area contributed by atoms with E-state index >= 15 is 0 Å². The third kappa shape index (κ3) is 5.39. The molecule has 0 spiro atoms. The van der Waals surface area contributed by atoms with Crippen LogP contribution in [0.15, 0.2) is 29.3 Å². The molecule has 0 saturated heterocycles. The summed E-state index contributed by atoms with van der Waals surface area (Å²) in [6.45, 7) is 2.17. The lowest BCUT2D eigenvalue weighted by Crippen LogP contribution is -2.38. The Balaban J connectivity index is 0.00000243. The van der Waals surface area contributed by atoms with Crippen LogP contribution in [0.2, 0.25) is 0 Å². The third-order valence-electron chi connectivity index (χ3n) is 4.47. The van der Waals surface area contributed by atoms with Crippen LogP contribution < -0.4 is 10.6 Å². The van der Waals surface area contributed by atoms with E-state index in [-0.39, 0.29) is 29.8 Å². The zero-order valence-electron chi connectivity index (χ0n) is 15.0. The van der Waals surface area contributed by atoms with Crippen LogP contribution in [0.4, 0.5) is 4.39 Å². The molecule has 6 nitrogen and oxygen atoms in total. The van der Waals surface area contributed by atoms with Gasteiger partial charge in [0.1, 0.15) is 11.6 Å². The number of aromatic nitrogens is 3. The van der Waals surface area contributed by atoms with Gasteiger partial charge in [-0.25, -0.2) is 4.39 Å². The molecule has 142 valence electrons. The van der Waals surface area contributed by atoms with Crippen LogP contribution in [-0.4, -0.2) is 34.3 Å². The summed E-state index contributed by atoms with van der Waals surface area (Å²) in [7, 11) is 1.72. The van der Waals surface area contributed by atoms with Crippen molar-refractivity contribution in [3.05, 3.63) is 47.3 Å². The van der Waals surface area contributed by atoms with Gasteiger partial charge in [0, 0.05) is 26.6 Å². The van der Waals surface area contributed by atoms with Crippen LogP contribution in [-0.2, 0) is 25.9 Å². The number of nitrogens with one attached hydrogen (secondary N) is 2. The Kier molecular flexibility index (Phi) is 8.27. The average Bonchev–Trinajstić information content (AvgIpc) is 2.86. The van der Waals surface area contributed by atoms with E-state index < -0.39 is 0 Å². The first-order valence-electron chi connectivity index (χ1n) is 8.87. The third-order valence-corrected chi connectivity index (χ3v) is 4.47. The van der Waals surface area contributed by atoms with Gasteiger partial charge in [0.05, 0.1) is 6.54 Å². The highest BCUT2D eigenvalue weighted by Gasteiger charge is 2.14. The fourth-order valence-electron chi connectivity index (χ4n) is 3.08. The SMILES string of the molecule is CN=C(NCCc1ccccc1F)NCc1nnc2n1CCCCC2.I. The van der Waals surface area contributed by atoms with Crippen molar-refractivity contribution >= 4 is 29.9 Å². The highest BCUT2D eigenvalue weighted by Crippen LogP contribution is 2.14. The largest absolute Gasteiger partial charge is 0.356 e. The maximum absolute atomic E-state index is 13.6. The first-order valence-corrected chi connectivity index (χ1v) is 8.87. The predicted molar refractivity (Wildman–Crippen MR) is 111 cm³/mol. The van der Waals surface area contributed by atoms with E-state index in [4.69, 9.17) is 0 Å². The first kappa shape index (κ1) is 20.6. The molecule has 1 aliphatic heterocycles. The van der Waals surface area contributed by atoms with Gasteiger partial charge in [0.2, 0.25) is 0 Å². The van der Waals surface area contributed by atoms with Crippen LogP contribution >= 0.6 is 24.0 Å². The lowest BCUT2D eigenvalue weighted by atomic mass is 10.1. The van der Waals surface area contributed by atoms with Gasteiger partial charge < -0.3 is 15.2 Å². The monoisotopic (exact) mass is 472 g/mol. The highest BCUT2D eigenvalue weighted by molar-refractivity contribution is 14.0. The van der Waals surface area contributed by atoms with Crippen molar-refractivity contribution in [2.24, 2.45) is 4.99 Å². The number of rotatable bonds is 5. The van der Waals surface area contributed by atoms with E-state index in [1.807, 2.05) is 6.07 Å². The fraction of sp³-hybridized carbons (Fsp3) is 0.500. The van der Waals surface area contributed by atoms with Gasteiger partial charge in [-0.05, 0) is 30.9 Å². The minimum atomic E-state index is -0.168.